The second-order valence-corrected chi connectivity index (χ2v) is 4.39. The maximum Gasteiger partial charge on any atom is 0.360 e. The van der Waals surface area contributed by atoms with Crippen molar-refractivity contribution in [1.82, 2.24) is 4.98 Å². The van der Waals surface area contributed by atoms with E-state index in [0.717, 1.165) is 5.56 Å². The number of ether oxygens (including phenoxy) is 3. The first-order valence-electron chi connectivity index (χ1n) is 6.65. The van der Waals surface area contributed by atoms with Crippen LogP contribution in [0.25, 0.3) is 6.08 Å². The topological polar surface area (TPSA) is 57.7 Å². The molecule has 5 nitrogen and oxygen atoms in total. The molecule has 0 amide bonds. The molecule has 114 valence electrons. The highest BCUT2D eigenvalue weighted by Gasteiger charge is 2.21. The van der Waals surface area contributed by atoms with E-state index in [1.807, 2.05) is 30.3 Å². The Bertz CT molecular complexity index is 668. The van der Waals surface area contributed by atoms with Gasteiger partial charge in [-0.3, -0.25) is 0 Å². The van der Waals surface area contributed by atoms with Gasteiger partial charge >= 0.3 is 5.97 Å². The predicted octanol–water partition coefficient (Wildman–Crippen LogP) is 3.10. The predicted molar refractivity (Wildman–Crippen MR) is 83.0 cm³/mol. The van der Waals surface area contributed by atoms with Gasteiger partial charge in [0, 0.05) is 11.8 Å². The minimum atomic E-state index is -0.586. The molecule has 0 atom stereocenters. The number of benzene rings is 1. The van der Waals surface area contributed by atoms with Crippen LogP contribution in [0.2, 0.25) is 0 Å². The molecule has 0 aliphatic rings. The Balaban J connectivity index is 2.38. The molecule has 1 aromatic carbocycles. The lowest BCUT2D eigenvalue weighted by Crippen LogP contribution is -2.09. The van der Waals surface area contributed by atoms with Crippen molar-refractivity contribution >= 4 is 12.0 Å². The van der Waals surface area contributed by atoms with Crippen molar-refractivity contribution in [3.05, 3.63) is 59.9 Å². The van der Waals surface area contributed by atoms with Gasteiger partial charge in [-0.2, -0.15) is 0 Å². The van der Waals surface area contributed by atoms with Crippen LogP contribution in [-0.4, -0.2) is 25.2 Å². The number of nitrogens with zero attached hydrogens (tertiary/aromatic N) is 1. The van der Waals surface area contributed by atoms with Crippen LogP contribution in [0.5, 0.6) is 11.5 Å². The van der Waals surface area contributed by atoms with E-state index >= 15 is 0 Å². The van der Waals surface area contributed by atoms with Gasteiger partial charge in [0.05, 0.1) is 14.2 Å². The van der Waals surface area contributed by atoms with Crippen molar-refractivity contribution in [2.75, 3.05) is 14.2 Å². The summed E-state index contributed by atoms with van der Waals surface area (Å²) in [6.45, 7) is 4.06. The summed E-state index contributed by atoms with van der Waals surface area (Å²) in [6, 6.07) is 9.68. The van der Waals surface area contributed by atoms with Gasteiger partial charge in [0.1, 0.15) is 6.61 Å². The van der Waals surface area contributed by atoms with Gasteiger partial charge in [-0.1, -0.05) is 43.0 Å². The third-order valence-corrected chi connectivity index (χ3v) is 3.05. The number of esters is 1. The lowest BCUT2D eigenvalue weighted by molar-refractivity contribution is 0.0589. The van der Waals surface area contributed by atoms with Crippen LogP contribution < -0.4 is 9.47 Å². The Morgan fingerprint density at radius 2 is 1.95 bits per heavy atom. The van der Waals surface area contributed by atoms with E-state index in [0.29, 0.717) is 17.9 Å². The van der Waals surface area contributed by atoms with Gasteiger partial charge in [0.15, 0.2) is 17.2 Å². The molecule has 0 aliphatic heterocycles. The van der Waals surface area contributed by atoms with Crippen molar-refractivity contribution in [3.8, 4) is 11.5 Å². The summed E-state index contributed by atoms with van der Waals surface area (Å²) in [6.07, 6.45) is 3.10. The van der Waals surface area contributed by atoms with Crippen LogP contribution in [-0.2, 0) is 11.3 Å². The standard InChI is InChI=1S/C17H17NO4/c1-4-13-10-18-14(17(19)21-3)16(20-2)15(13)22-11-12-8-6-5-7-9-12/h4-10H,1,11H2,2-3H3. The highest BCUT2D eigenvalue weighted by Crippen LogP contribution is 2.35. The van der Waals surface area contributed by atoms with E-state index in [-0.39, 0.29) is 11.4 Å². The van der Waals surface area contributed by atoms with Crippen molar-refractivity contribution < 1.29 is 19.0 Å². The van der Waals surface area contributed by atoms with Crippen LogP contribution in [0, 0.1) is 0 Å². The molecule has 1 heterocycles. The van der Waals surface area contributed by atoms with E-state index in [1.165, 1.54) is 20.4 Å². The van der Waals surface area contributed by atoms with E-state index in [4.69, 9.17) is 14.2 Å². The third kappa shape index (κ3) is 3.25. The lowest BCUT2D eigenvalue weighted by atomic mass is 10.2. The number of carbonyl (C=O) groups is 1. The van der Waals surface area contributed by atoms with E-state index in [2.05, 4.69) is 11.6 Å². The van der Waals surface area contributed by atoms with Gasteiger partial charge in [0.2, 0.25) is 0 Å². The summed E-state index contributed by atoms with van der Waals surface area (Å²) in [5, 5.41) is 0. The van der Waals surface area contributed by atoms with Crippen LogP contribution >= 0.6 is 0 Å². The Kier molecular flexibility index (Phi) is 5.14. The largest absolute Gasteiger partial charge is 0.491 e. The number of hydrogen-bond acceptors (Lipinski definition) is 5. The molecule has 0 unspecified atom stereocenters. The molecule has 0 bridgehead atoms. The van der Waals surface area contributed by atoms with Crippen LogP contribution in [0.4, 0.5) is 0 Å². The molecular weight excluding hydrogens is 282 g/mol. The Morgan fingerprint density at radius 1 is 1.23 bits per heavy atom. The molecule has 22 heavy (non-hydrogen) atoms. The van der Waals surface area contributed by atoms with Gasteiger partial charge < -0.3 is 14.2 Å². The van der Waals surface area contributed by atoms with E-state index < -0.39 is 5.97 Å². The summed E-state index contributed by atoms with van der Waals surface area (Å²) in [5.41, 5.74) is 1.70. The van der Waals surface area contributed by atoms with E-state index in [1.54, 1.807) is 6.08 Å². The summed E-state index contributed by atoms with van der Waals surface area (Å²) >= 11 is 0. The number of pyridine rings is 1. The van der Waals surface area contributed by atoms with Crippen molar-refractivity contribution in [2.24, 2.45) is 0 Å². The fraction of sp³-hybridized carbons (Fsp3) is 0.176. The summed E-state index contributed by atoms with van der Waals surface area (Å²) in [7, 11) is 2.74. The van der Waals surface area contributed by atoms with Gasteiger partial charge in [0.25, 0.3) is 0 Å². The summed E-state index contributed by atoms with van der Waals surface area (Å²) in [5.74, 6) is 0.0638. The molecule has 0 N–H and O–H groups in total. The maximum atomic E-state index is 11.8. The van der Waals surface area contributed by atoms with Crippen molar-refractivity contribution in [1.29, 1.82) is 0 Å². The second kappa shape index (κ2) is 7.26. The molecule has 2 aromatic rings. The van der Waals surface area contributed by atoms with Crippen LogP contribution in [0.1, 0.15) is 21.6 Å². The zero-order valence-corrected chi connectivity index (χ0v) is 12.5. The molecular formula is C17H17NO4. The molecule has 0 saturated heterocycles. The monoisotopic (exact) mass is 299 g/mol. The maximum absolute atomic E-state index is 11.8. The minimum absolute atomic E-state index is 0.0682. The number of carbonyl (C=O) groups excluding carboxylic acids is 1. The van der Waals surface area contributed by atoms with Crippen LogP contribution in [0.15, 0.2) is 43.1 Å². The third-order valence-electron chi connectivity index (χ3n) is 3.05. The number of aromatic nitrogens is 1. The SMILES string of the molecule is C=Cc1cnc(C(=O)OC)c(OC)c1OCc1ccccc1. The number of rotatable bonds is 6. The van der Waals surface area contributed by atoms with Crippen molar-refractivity contribution in [2.45, 2.75) is 6.61 Å². The lowest BCUT2D eigenvalue weighted by Gasteiger charge is -2.15. The van der Waals surface area contributed by atoms with Gasteiger partial charge in [-0.25, -0.2) is 9.78 Å². The zero-order valence-electron chi connectivity index (χ0n) is 12.5. The molecule has 2 rings (SSSR count). The Hall–Kier alpha value is -2.82. The van der Waals surface area contributed by atoms with Gasteiger partial charge in [-0.15, -0.1) is 0 Å². The molecule has 0 fully saturated rings. The molecule has 5 heteroatoms. The second-order valence-electron chi connectivity index (χ2n) is 4.39. The zero-order chi connectivity index (χ0) is 15.9. The average molecular weight is 299 g/mol. The van der Waals surface area contributed by atoms with Crippen LogP contribution in [0.3, 0.4) is 0 Å². The van der Waals surface area contributed by atoms with E-state index in [9.17, 15) is 4.79 Å². The average Bonchev–Trinajstić information content (AvgIpc) is 2.59. The fourth-order valence-corrected chi connectivity index (χ4v) is 1.95. The summed E-state index contributed by atoms with van der Waals surface area (Å²) in [4.78, 5) is 15.8. The highest BCUT2D eigenvalue weighted by atomic mass is 16.5. The van der Waals surface area contributed by atoms with Crippen molar-refractivity contribution in [3.63, 3.8) is 0 Å². The fourth-order valence-electron chi connectivity index (χ4n) is 1.95. The summed E-state index contributed by atoms with van der Waals surface area (Å²) < 4.78 is 15.8. The number of methoxy groups -OCH3 is 2. The molecule has 0 saturated carbocycles. The molecule has 1 aromatic heterocycles. The molecule has 0 radical (unpaired) electrons. The minimum Gasteiger partial charge on any atom is -0.491 e. The first-order chi connectivity index (χ1) is 10.7. The molecule has 0 spiro atoms. The Labute approximate surface area is 129 Å². The smallest absolute Gasteiger partial charge is 0.360 e. The first kappa shape index (κ1) is 15.6. The quantitative estimate of drug-likeness (QED) is 0.767. The molecule has 0 aliphatic carbocycles. The Morgan fingerprint density at radius 3 is 2.55 bits per heavy atom. The normalized spacial score (nSPS) is 9.91. The first-order valence-corrected chi connectivity index (χ1v) is 6.65. The highest BCUT2D eigenvalue weighted by molar-refractivity contribution is 5.92. The van der Waals surface area contributed by atoms with Gasteiger partial charge in [-0.05, 0) is 5.56 Å². The number of hydrogen-bond donors (Lipinski definition) is 0.